The van der Waals surface area contributed by atoms with E-state index in [2.05, 4.69) is 26.1 Å². The van der Waals surface area contributed by atoms with E-state index in [9.17, 15) is 0 Å². The Morgan fingerprint density at radius 3 is 2.53 bits per heavy atom. The second-order valence-electron chi connectivity index (χ2n) is 5.51. The van der Waals surface area contributed by atoms with E-state index in [0.29, 0.717) is 13.0 Å². The molecular weight excluding hydrogens is 242 g/mol. The number of nitrogens with one attached hydrogen (secondary N) is 1. The first-order chi connectivity index (χ1) is 8.96. The van der Waals surface area contributed by atoms with Gasteiger partial charge in [0.15, 0.2) is 11.5 Å². The Kier molecular flexibility index (Phi) is 6.12. The van der Waals surface area contributed by atoms with Gasteiger partial charge in [0.05, 0.1) is 13.7 Å². The average Bonchev–Trinajstić information content (AvgIpc) is 2.36. The van der Waals surface area contributed by atoms with Crippen molar-refractivity contribution in [3.8, 4) is 11.5 Å². The van der Waals surface area contributed by atoms with E-state index < -0.39 is 0 Å². The average molecular weight is 267 g/mol. The molecule has 1 aromatic carbocycles. The number of hydrogen-bond donors (Lipinski definition) is 2. The molecule has 108 valence electrons. The second kappa shape index (κ2) is 7.36. The highest BCUT2D eigenvalue weighted by atomic mass is 16.5. The maximum atomic E-state index is 8.78. The van der Waals surface area contributed by atoms with Gasteiger partial charge in [0.25, 0.3) is 0 Å². The standard InChI is InChI=1S/C15H25NO3/c1-15(2,3)16-11-12-6-7-13(18-4)14(10-12)19-9-5-8-17/h6-7,10,16-17H,5,8-9,11H2,1-4H3. The van der Waals surface area contributed by atoms with Gasteiger partial charge in [-0.25, -0.2) is 0 Å². The van der Waals surface area contributed by atoms with Gasteiger partial charge in [-0.3, -0.25) is 0 Å². The molecule has 0 heterocycles. The SMILES string of the molecule is COc1ccc(CNC(C)(C)C)cc1OCCCO. The predicted octanol–water partition coefficient (Wildman–Crippen LogP) is 2.34. The molecule has 0 aromatic heterocycles. The minimum atomic E-state index is 0.0812. The molecule has 0 fully saturated rings. The van der Waals surface area contributed by atoms with E-state index in [1.165, 1.54) is 0 Å². The van der Waals surface area contributed by atoms with Crippen LogP contribution in [-0.4, -0.2) is 31.0 Å². The molecular formula is C15H25NO3. The summed E-state index contributed by atoms with van der Waals surface area (Å²) >= 11 is 0. The number of ether oxygens (including phenoxy) is 2. The Morgan fingerprint density at radius 1 is 1.21 bits per heavy atom. The van der Waals surface area contributed by atoms with Gasteiger partial charge in [-0.1, -0.05) is 6.07 Å². The normalized spacial score (nSPS) is 11.4. The molecule has 0 spiro atoms. The first-order valence-electron chi connectivity index (χ1n) is 6.62. The van der Waals surface area contributed by atoms with Crippen molar-refractivity contribution < 1.29 is 14.6 Å². The highest BCUT2D eigenvalue weighted by Gasteiger charge is 2.10. The molecule has 2 N–H and O–H groups in total. The van der Waals surface area contributed by atoms with Crippen LogP contribution in [0.25, 0.3) is 0 Å². The monoisotopic (exact) mass is 267 g/mol. The third kappa shape index (κ3) is 5.94. The Labute approximate surface area is 115 Å². The summed E-state index contributed by atoms with van der Waals surface area (Å²) in [6.45, 7) is 7.81. The van der Waals surface area contributed by atoms with E-state index in [4.69, 9.17) is 14.6 Å². The molecule has 1 aromatic rings. The number of benzene rings is 1. The van der Waals surface area contributed by atoms with E-state index in [-0.39, 0.29) is 12.1 Å². The van der Waals surface area contributed by atoms with Crippen LogP contribution in [-0.2, 0) is 6.54 Å². The van der Waals surface area contributed by atoms with Crippen LogP contribution < -0.4 is 14.8 Å². The van der Waals surface area contributed by atoms with Crippen molar-refractivity contribution in [1.82, 2.24) is 5.32 Å². The molecule has 0 amide bonds. The quantitative estimate of drug-likeness (QED) is 0.745. The van der Waals surface area contributed by atoms with Crippen molar-refractivity contribution in [2.75, 3.05) is 20.3 Å². The number of methoxy groups -OCH3 is 1. The summed E-state index contributed by atoms with van der Waals surface area (Å²) in [5.74, 6) is 1.45. The number of aliphatic hydroxyl groups excluding tert-OH is 1. The molecule has 0 aliphatic rings. The molecule has 0 radical (unpaired) electrons. The maximum Gasteiger partial charge on any atom is 0.161 e. The van der Waals surface area contributed by atoms with Crippen molar-refractivity contribution in [3.05, 3.63) is 23.8 Å². The van der Waals surface area contributed by atoms with Gasteiger partial charge in [0, 0.05) is 25.1 Å². The van der Waals surface area contributed by atoms with Crippen LogP contribution in [0, 0.1) is 0 Å². The highest BCUT2D eigenvalue weighted by Crippen LogP contribution is 2.28. The Balaban J connectivity index is 2.71. The zero-order chi connectivity index (χ0) is 14.3. The predicted molar refractivity (Wildman–Crippen MR) is 76.8 cm³/mol. The van der Waals surface area contributed by atoms with Gasteiger partial charge in [0.1, 0.15) is 0 Å². The molecule has 0 bridgehead atoms. The van der Waals surface area contributed by atoms with E-state index >= 15 is 0 Å². The summed E-state index contributed by atoms with van der Waals surface area (Å²) in [6, 6.07) is 5.92. The number of rotatable bonds is 7. The fourth-order valence-electron chi connectivity index (χ4n) is 1.56. The Bertz CT molecular complexity index is 385. The minimum absolute atomic E-state index is 0.0812. The summed E-state index contributed by atoms with van der Waals surface area (Å²) in [7, 11) is 1.63. The molecule has 0 atom stereocenters. The zero-order valence-corrected chi connectivity index (χ0v) is 12.3. The van der Waals surface area contributed by atoms with Gasteiger partial charge < -0.3 is 19.9 Å². The van der Waals surface area contributed by atoms with Gasteiger partial charge in [-0.2, -0.15) is 0 Å². The second-order valence-corrected chi connectivity index (χ2v) is 5.51. The van der Waals surface area contributed by atoms with E-state index in [1.807, 2.05) is 18.2 Å². The van der Waals surface area contributed by atoms with Crippen LogP contribution >= 0.6 is 0 Å². The highest BCUT2D eigenvalue weighted by molar-refractivity contribution is 5.43. The zero-order valence-electron chi connectivity index (χ0n) is 12.3. The lowest BCUT2D eigenvalue weighted by atomic mass is 10.1. The van der Waals surface area contributed by atoms with Crippen molar-refractivity contribution >= 4 is 0 Å². The molecule has 0 unspecified atom stereocenters. The van der Waals surface area contributed by atoms with Crippen LogP contribution in [0.2, 0.25) is 0 Å². The Hall–Kier alpha value is -1.26. The molecule has 0 aliphatic carbocycles. The summed E-state index contributed by atoms with van der Waals surface area (Å²) in [5, 5.41) is 12.2. The summed E-state index contributed by atoms with van der Waals surface area (Å²) < 4.78 is 10.9. The smallest absolute Gasteiger partial charge is 0.161 e. The van der Waals surface area contributed by atoms with Crippen molar-refractivity contribution in [3.63, 3.8) is 0 Å². The third-order valence-electron chi connectivity index (χ3n) is 2.61. The van der Waals surface area contributed by atoms with Crippen LogP contribution in [0.3, 0.4) is 0 Å². The lowest BCUT2D eigenvalue weighted by molar-refractivity contribution is 0.228. The topological polar surface area (TPSA) is 50.7 Å². The summed E-state index contributed by atoms with van der Waals surface area (Å²) in [5.41, 5.74) is 1.23. The first kappa shape index (κ1) is 15.8. The van der Waals surface area contributed by atoms with Gasteiger partial charge in [0.2, 0.25) is 0 Å². The number of hydrogen-bond acceptors (Lipinski definition) is 4. The molecule has 4 nitrogen and oxygen atoms in total. The third-order valence-corrected chi connectivity index (χ3v) is 2.61. The summed E-state index contributed by atoms with van der Waals surface area (Å²) in [6.07, 6.45) is 0.619. The summed E-state index contributed by atoms with van der Waals surface area (Å²) in [4.78, 5) is 0. The Morgan fingerprint density at radius 2 is 1.95 bits per heavy atom. The van der Waals surface area contributed by atoms with Gasteiger partial charge in [-0.15, -0.1) is 0 Å². The van der Waals surface area contributed by atoms with E-state index in [1.54, 1.807) is 7.11 Å². The van der Waals surface area contributed by atoms with Crippen LogP contribution in [0.4, 0.5) is 0 Å². The van der Waals surface area contributed by atoms with Crippen LogP contribution in [0.5, 0.6) is 11.5 Å². The number of aliphatic hydroxyl groups is 1. The molecule has 4 heteroatoms. The van der Waals surface area contributed by atoms with Gasteiger partial charge >= 0.3 is 0 Å². The molecule has 0 aliphatic heterocycles. The van der Waals surface area contributed by atoms with Crippen molar-refractivity contribution in [2.24, 2.45) is 0 Å². The minimum Gasteiger partial charge on any atom is -0.493 e. The fourth-order valence-corrected chi connectivity index (χ4v) is 1.56. The van der Waals surface area contributed by atoms with E-state index in [0.717, 1.165) is 23.6 Å². The van der Waals surface area contributed by atoms with Crippen LogP contribution in [0.15, 0.2) is 18.2 Å². The van der Waals surface area contributed by atoms with Crippen molar-refractivity contribution in [1.29, 1.82) is 0 Å². The first-order valence-corrected chi connectivity index (χ1v) is 6.62. The lowest BCUT2D eigenvalue weighted by Gasteiger charge is -2.21. The van der Waals surface area contributed by atoms with Crippen LogP contribution in [0.1, 0.15) is 32.8 Å². The molecule has 0 saturated carbocycles. The molecule has 19 heavy (non-hydrogen) atoms. The van der Waals surface area contributed by atoms with Gasteiger partial charge in [-0.05, 0) is 38.5 Å². The maximum absolute atomic E-state index is 8.78. The molecule has 0 saturated heterocycles. The van der Waals surface area contributed by atoms with Crippen molar-refractivity contribution in [2.45, 2.75) is 39.3 Å². The lowest BCUT2D eigenvalue weighted by Crippen LogP contribution is -2.35. The largest absolute Gasteiger partial charge is 0.493 e. The molecule has 1 rings (SSSR count). The fraction of sp³-hybridized carbons (Fsp3) is 0.600.